The zero-order valence-corrected chi connectivity index (χ0v) is 11.3. The van der Waals surface area contributed by atoms with Crippen molar-refractivity contribution in [1.29, 1.82) is 0 Å². The normalized spacial score (nSPS) is 14.1. The van der Waals surface area contributed by atoms with E-state index in [-0.39, 0.29) is 13.2 Å². The maximum atomic E-state index is 12.3. The number of anilines is 1. The number of benzene rings is 1. The summed E-state index contributed by atoms with van der Waals surface area (Å²) in [4.78, 5) is -0.831. The fourth-order valence-electron chi connectivity index (χ4n) is 1.44. The van der Waals surface area contributed by atoms with E-state index in [1.807, 2.05) is 0 Å². The summed E-state index contributed by atoms with van der Waals surface area (Å²) in [5, 5.41) is 11.8. The summed E-state index contributed by atoms with van der Waals surface area (Å²) >= 11 is 0. The van der Waals surface area contributed by atoms with Crippen LogP contribution in [-0.2, 0) is 14.6 Å². The van der Waals surface area contributed by atoms with E-state index in [1.165, 1.54) is 19.2 Å². The third kappa shape index (κ3) is 3.84. The van der Waals surface area contributed by atoms with Gasteiger partial charge in [-0.15, -0.1) is 0 Å². The predicted octanol–water partition coefficient (Wildman–Crippen LogP) is 1.40. The molecule has 0 amide bonds. The molecule has 9 heteroatoms. The molecule has 0 aliphatic heterocycles. The molecule has 0 bridgehead atoms. The minimum atomic E-state index is -5.34. The smallest absolute Gasteiger partial charge is 0.394 e. The van der Waals surface area contributed by atoms with Gasteiger partial charge < -0.3 is 15.2 Å². The van der Waals surface area contributed by atoms with Gasteiger partial charge in [0.15, 0.2) is 0 Å². The first-order valence-corrected chi connectivity index (χ1v) is 6.98. The van der Waals surface area contributed by atoms with Crippen molar-refractivity contribution in [3.63, 3.8) is 0 Å². The first-order chi connectivity index (χ1) is 9.22. The maximum absolute atomic E-state index is 12.3. The van der Waals surface area contributed by atoms with Gasteiger partial charge in [-0.2, -0.15) is 13.2 Å². The van der Waals surface area contributed by atoms with Crippen molar-refractivity contribution >= 4 is 15.5 Å². The Kier molecular flexibility index (Phi) is 5.37. The molecule has 0 saturated heterocycles. The molecule has 2 N–H and O–H groups in total. The zero-order chi connectivity index (χ0) is 15.4. The molecule has 0 saturated carbocycles. The van der Waals surface area contributed by atoms with E-state index in [9.17, 15) is 21.6 Å². The first-order valence-electron chi connectivity index (χ1n) is 5.50. The van der Waals surface area contributed by atoms with Gasteiger partial charge in [-0.3, -0.25) is 0 Å². The molecule has 0 spiro atoms. The molecule has 0 aliphatic rings. The van der Waals surface area contributed by atoms with E-state index in [0.29, 0.717) is 5.69 Å². The lowest BCUT2D eigenvalue weighted by Crippen LogP contribution is -2.28. The number of rotatable bonds is 6. The standard InChI is InChI=1S/C11H14F3NO4S/c1-19-7-9(6-16)15-8-2-4-10(5-3-8)20(17,18)11(12,13)14/h2-5,9,15-16H,6-7H2,1H3. The highest BCUT2D eigenvalue weighted by Gasteiger charge is 2.46. The Morgan fingerprint density at radius 2 is 1.85 bits per heavy atom. The Hall–Kier alpha value is -1.32. The van der Waals surface area contributed by atoms with Crippen LogP contribution in [0.15, 0.2) is 29.2 Å². The molecule has 0 fully saturated rings. The lowest BCUT2D eigenvalue weighted by molar-refractivity contribution is -0.0436. The van der Waals surface area contributed by atoms with Crippen molar-refractivity contribution in [2.75, 3.05) is 25.6 Å². The topological polar surface area (TPSA) is 75.6 Å². The van der Waals surface area contributed by atoms with Crippen LogP contribution < -0.4 is 5.32 Å². The fourth-order valence-corrected chi connectivity index (χ4v) is 2.20. The van der Waals surface area contributed by atoms with Gasteiger partial charge in [0.1, 0.15) is 0 Å². The number of hydrogen-bond acceptors (Lipinski definition) is 5. The molecule has 1 rings (SSSR count). The summed E-state index contributed by atoms with van der Waals surface area (Å²) in [7, 11) is -3.91. The van der Waals surface area contributed by atoms with Crippen LogP contribution in [-0.4, -0.2) is 45.4 Å². The average molecular weight is 313 g/mol. The first kappa shape index (κ1) is 16.7. The van der Waals surface area contributed by atoms with Gasteiger partial charge in [-0.1, -0.05) is 0 Å². The second-order valence-corrected chi connectivity index (χ2v) is 5.89. The molecule has 20 heavy (non-hydrogen) atoms. The fraction of sp³-hybridized carbons (Fsp3) is 0.455. The van der Waals surface area contributed by atoms with Gasteiger partial charge in [-0.05, 0) is 24.3 Å². The number of sulfone groups is 1. The summed E-state index contributed by atoms with van der Waals surface area (Å²) in [6, 6.07) is 3.65. The van der Waals surface area contributed by atoms with Crippen LogP contribution in [0.3, 0.4) is 0 Å². The van der Waals surface area contributed by atoms with Crippen molar-refractivity contribution in [2.24, 2.45) is 0 Å². The second kappa shape index (κ2) is 6.42. The van der Waals surface area contributed by atoms with Crippen LogP contribution >= 0.6 is 0 Å². The number of ether oxygens (including phenoxy) is 1. The van der Waals surface area contributed by atoms with Crippen LogP contribution in [0.2, 0.25) is 0 Å². The van der Waals surface area contributed by atoms with Gasteiger partial charge in [0.2, 0.25) is 0 Å². The maximum Gasteiger partial charge on any atom is 0.501 e. The van der Waals surface area contributed by atoms with E-state index in [0.717, 1.165) is 12.1 Å². The number of methoxy groups -OCH3 is 1. The average Bonchev–Trinajstić information content (AvgIpc) is 2.37. The molecule has 114 valence electrons. The Balaban J connectivity index is 2.90. The lowest BCUT2D eigenvalue weighted by atomic mass is 10.2. The largest absolute Gasteiger partial charge is 0.501 e. The van der Waals surface area contributed by atoms with Gasteiger partial charge in [-0.25, -0.2) is 8.42 Å². The van der Waals surface area contributed by atoms with Gasteiger partial charge >= 0.3 is 5.51 Å². The molecule has 0 heterocycles. The predicted molar refractivity (Wildman–Crippen MR) is 66.1 cm³/mol. The van der Waals surface area contributed by atoms with Crippen LogP contribution in [0.5, 0.6) is 0 Å². The number of alkyl halides is 3. The van der Waals surface area contributed by atoms with Gasteiger partial charge in [0.05, 0.1) is 24.2 Å². The highest BCUT2D eigenvalue weighted by atomic mass is 32.2. The quantitative estimate of drug-likeness (QED) is 0.830. The molecule has 1 aromatic carbocycles. The molecule has 5 nitrogen and oxygen atoms in total. The van der Waals surface area contributed by atoms with E-state index in [1.54, 1.807) is 0 Å². The van der Waals surface area contributed by atoms with Crippen molar-refractivity contribution < 1.29 is 31.4 Å². The van der Waals surface area contributed by atoms with E-state index in [4.69, 9.17) is 9.84 Å². The highest BCUT2D eigenvalue weighted by Crippen LogP contribution is 2.30. The third-order valence-electron chi connectivity index (χ3n) is 2.43. The third-order valence-corrected chi connectivity index (χ3v) is 3.93. The second-order valence-electron chi connectivity index (χ2n) is 3.95. The molecular weight excluding hydrogens is 299 g/mol. The zero-order valence-electron chi connectivity index (χ0n) is 10.5. The lowest BCUT2D eigenvalue weighted by Gasteiger charge is -2.17. The van der Waals surface area contributed by atoms with E-state index < -0.39 is 26.3 Å². The monoisotopic (exact) mass is 313 g/mol. The van der Waals surface area contributed by atoms with Gasteiger partial charge in [0.25, 0.3) is 9.84 Å². The van der Waals surface area contributed by atoms with Crippen LogP contribution in [0, 0.1) is 0 Å². The Morgan fingerprint density at radius 1 is 1.30 bits per heavy atom. The van der Waals surface area contributed by atoms with Crippen molar-refractivity contribution in [2.45, 2.75) is 16.4 Å². The van der Waals surface area contributed by atoms with Crippen molar-refractivity contribution in [1.82, 2.24) is 0 Å². The molecule has 0 aliphatic carbocycles. The summed E-state index contributed by atoms with van der Waals surface area (Å²) in [6.45, 7) is -0.0461. The number of hydrogen-bond donors (Lipinski definition) is 2. The molecule has 0 radical (unpaired) electrons. The minimum absolute atomic E-state index is 0.194. The number of nitrogens with one attached hydrogen (secondary N) is 1. The molecule has 1 unspecified atom stereocenters. The number of aliphatic hydroxyl groups excluding tert-OH is 1. The summed E-state index contributed by atoms with van der Waals surface area (Å²) < 4.78 is 64.1. The summed E-state index contributed by atoms with van der Waals surface area (Å²) in [6.07, 6.45) is 0. The molecule has 1 aromatic rings. The Bertz CT molecular complexity index is 528. The summed E-state index contributed by atoms with van der Waals surface area (Å²) in [5.74, 6) is 0. The highest BCUT2D eigenvalue weighted by molar-refractivity contribution is 7.92. The molecule has 1 atom stereocenters. The Morgan fingerprint density at radius 3 is 2.25 bits per heavy atom. The van der Waals surface area contributed by atoms with Crippen molar-refractivity contribution in [3.05, 3.63) is 24.3 Å². The molecular formula is C11H14F3NO4S. The minimum Gasteiger partial charge on any atom is -0.394 e. The van der Waals surface area contributed by atoms with E-state index in [2.05, 4.69) is 5.32 Å². The Labute approximate surface area is 114 Å². The van der Waals surface area contributed by atoms with Crippen molar-refractivity contribution in [3.8, 4) is 0 Å². The molecule has 0 aromatic heterocycles. The summed E-state index contributed by atoms with van der Waals surface area (Å²) in [5.41, 5.74) is -4.95. The van der Waals surface area contributed by atoms with Crippen LogP contribution in [0.25, 0.3) is 0 Å². The number of halogens is 3. The van der Waals surface area contributed by atoms with Crippen LogP contribution in [0.1, 0.15) is 0 Å². The SMILES string of the molecule is COCC(CO)Nc1ccc(S(=O)(=O)C(F)(F)F)cc1. The van der Waals surface area contributed by atoms with E-state index >= 15 is 0 Å². The number of aliphatic hydroxyl groups is 1. The van der Waals surface area contributed by atoms with Crippen LogP contribution in [0.4, 0.5) is 18.9 Å². The van der Waals surface area contributed by atoms with Gasteiger partial charge in [0, 0.05) is 12.8 Å².